The molecule has 1 aromatic rings. The molecule has 0 aromatic carbocycles. The van der Waals surface area contributed by atoms with E-state index in [-0.39, 0.29) is 12.4 Å². The van der Waals surface area contributed by atoms with Crippen molar-refractivity contribution in [1.82, 2.24) is 14.5 Å². The van der Waals surface area contributed by atoms with Crippen LogP contribution in [0, 0.1) is 0 Å². The van der Waals surface area contributed by atoms with E-state index in [1.54, 1.807) is 7.11 Å². The molecule has 0 N–H and O–H groups in total. The molecule has 176 valence electrons. The van der Waals surface area contributed by atoms with E-state index in [0.29, 0.717) is 32.2 Å². The summed E-state index contributed by atoms with van der Waals surface area (Å²) in [5.41, 5.74) is 0.572. The third-order valence-corrected chi connectivity index (χ3v) is 5.71. The van der Waals surface area contributed by atoms with Crippen LogP contribution in [-0.4, -0.2) is 72.5 Å². The second-order valence-electron chi connectivity index (χ2n) is 9.44. The number of rotatable bonds is 8. The second-order valence-corrected chi connectivity index (χ2v) is 9.44. The molecule has 8 nitrogen and oxygen atoms in total. The van der Waals surface area contributed by atoms with Gasteiger partial charge in [0.15, 0.2) is 6.29 Å². The van der Waals surface area contributed by atoms with Crippen LogP contribution in [0.4, 0.5) is 4.79 Å². The fourth-order valence-corrected chi connectivity index (χ4v) is 4.09. The number of carbonyl (C=O) groups excluding carboxylic acids is 1. The summed E-state index contributed by atoms with van der Waals surface area (Å²) in [5, 5.41) is 0. The standard InChI is InChI=1S/C23H39N3O5/c1-23(2,3)31-22(27)25-11-8-18(9-12-25)21-24-19(10-15-28-4)17-26(21)13-16-30-20-7-5-6-14-29-20/h17-18,20H,5-16H2,1-4H3. The van der Waals surface area contributed by atoms with Gasteiger partial charge in [0.2, 0.25) is 0 Å². The number of ether oxygens (including phenoxy) is 4. The van der Waals surface area contributed by atoms with Gasteiger partial charge in [-0.1, -0.05) is 0 Å². The summed E-state index contributed by atoms with van der Waals surface area (Å²) in [6, 6.07) is 0. The minimum absolute atomic E-state index is 0.0780. The number of hydrogen-bond acceptors (Lipinski definition) is 6. The maximum absolute atomic E-state index is 12.4. The number of nitrogens with zero attached hydrogens (tertiary/aromatic N) is 3. The van der Waals surface area contributed by atoms with Gasteiger partial charge in [0, 0.05) is 51.9 Å². The third-order valence-electron chi connectivity index (χ3n) is 5.71. The number of methoxy groups -OCH3 is 1. The molecule has 0 spiro atoms. The highest BCUT2D eigenvalue weighted by Crippen LogP contribution is 2.29. The van der Waals surface area contributed by atoms with Gasteiger partial charge in [-0.15, -0.1) is 0 Å². The van der Waals surface area contributed by atoms with Crippen molar-refractivity contribution in [2.75, 3.05) is 40.0 Å². The van der Waals surface area contributed by atoms with Gasteiger partial charge in [0.1, 0.15) is 11.4 Å². The summed E-state index contributed by atoms with van der Waals surface area (Å²) < 4.78 is 24.6. The molecule has 3 rings (SSSR count). The Morgan fingerprint density at radius 1 is 1.19 bits per heavy atom. The van der Waals surface area contributed by atoms with Crippen molar-refractivity contribution in [2.45, 2.75) is 83.6 Å². The van der Waals surface area contributed by atoms with E-state index < -0.39 is 5.60 Å². The van der Waals surface area contributed by atoms with E-state index in [1.165, 1.54) is 6.42 Å². The number of aromatic nitrogens is 2. The SMILES string of the molecule is COCCc1cn(CCOC2CCCCO2)c(C2CCN(C(=O)OC(C)(C)C)CC2)n1. The fraction of sp³-hybridized carbons (Fsp3) is 0.826. The minimum Gasteiger partial charge on any atom is -0.444 e. The number of amides is 1. The zero-order chi connectivity index (χ0) is 22.3. The van der Waals surface area contributed by atoms with Crippen molar-refractivity contribution in [3.05, 3.63) is 17.7 Å². The van der Waals surface area contributed by atoms with Crippen LogP contribution >= 0.6 is 0 Å². The molecule has 8 heteroatoms. The van der Waals surface area contributed by atoms with Gasteiger partial charge in [-0.05, 0) is 52.9 Å². The molecule has 0 aliphatic carbocycles. The first kappa shape index (κ1) is 24.0. The van der Waals surface area contributed by atoms with Gasteiger partial charge < -0.3 is 28.4 Å². The lowest BCUT2D eigenvalue weighted by molar-refractivity contribution is -0.163. The Bertz CT molecular complexity index is 686. The molecule has 31 heavy (non-hydrogen) atoms. The zero-order valence-corrected chi connectivity index (χ0v) is 19.6. The van der Waals surface area contributed by atoms with Crippen LogP contribution in [0.2, 0.25) is 0 Å². The normalized spacial score (nSPS) is 20.8. The Morgan fingerprint density at radius 3 is 2.61 bits per heavy atom. The summed E-state index contributed by atoms with van der Waals surface area (Å²) in [4.78, 5) is 19.1. The quantitative estimate of drug-likeness (QED) is 0.617. The van der Waals surface area contributed by atoms with E-state index in [1.807, 2.05) is 25.7 Å². The molecule has 1 aromatic heterocycles. The van der Waals surface area contributed by atoms with Crippen LogP contribution in [0.3, 0.4) is 0 Å². The van der Waals surface area contributed by atoms with Gasteiger partial charge in [0.25, 0.3) is 0 Å². The van der Waals surface area contributed by atoms with Crippen molar-refractivity contribution in [3.63, 3.8) is 0 Å². The second kappa shape index (κ2) is 11.3. The van der Waals surface area contributed by atoms with Crippen molar-refractivity contribution in [1.29, 1.82) is 0 Å². The number of hydrogen-bond donors (Lipinski definition) is 0. The molecule has 0 bridgehead atoms. The summed E-state index contributed by atoms with van der Waals surface area (Å²) in [7, 11) is 1.71. The largest absolute Gasteiger partial charge is 0.444 e. The minimum atomic E-state index is -0.470. The molecule has 2 saturated heterocycles. The van der Waals surface area contributed by atoms with E-state index >= 15 is 0 Å². The molecule has 1 atom stereocenters. The van der Waals surface area contributed by atoms with Crippen LogP contribution in [0.15, 0.2) is 6.20 Å². The van der Waals surface area contributed by atoms with Gasteiger partial charge in [-0.2, -0.15) is 0 Å². The van der Waals surface area contributed by atoms with E-state index in [0.717, 1.165) is 56.8 Å². The number of piperidine rings is 1. The van der Waals surface area contributed by atoms with Gasteiger partial charge >= 0.3 is 6.09 Å². The summed E-state index contributed by atoms with van der Waals surface area (Å²) in [6.45, 7) is 9.87. The molecular formula is C23H39N3O5. The molecule has 1 amide bonds. The molecule has 3 heterocycles. The first-order chi connectivity index (χ1) is 14.9. The summed E-state index contributed by atoms with van der Waals surface area (Å²) >= 11 is 0. The molecule has 2 aliphatic rings. The lowest BCUT2D eigenvalue weighted by atomic mass is 9.96. The van der Waals surface area contributed by atoms with Crippen LogP contribution in [-0.2, 0) is 31.9 Å². The highest BCUT2D eigenvalue weighted by molar-refractivity contribution is 5.68. The first-order valence-electron chi connectivity index (χ1n) is 11.6. The third kappa shape index (κ3) is 7.47. The van der Waals surface area contributed by atoms with E-state index in [2.05, 4.69) is 10.8 Å². The molecule has 0 saturated carbocycles. The van der Waals surface area contributed by atoms with Crippen LogP contribution in [0.25, 0.3) is 0 Å². The smallest absolute Gasteiger partial charge is 0.410 e. The Balaban J connectivity index is 1.58. The van der Waals surface area contributed by atoms with Crippen molar-refractivity contribution < 1.29 is 23.7 Å². The maximum atomic E-state index is 12.4. The molecule has 1 unspecified atom stereocenters. The maximum Gasteiger partial charge on any atom is 0.410 e. The van der Waals surface area contributed by atoms with E-state index in [4.69, 9.17) is 23.9 Å². The Labute approximate surface area is 186 Å². The number of likely N-dealkylation sites (tertiary alicyclic amines) is 1. The summed E-state index contributed by atoms with van der Waals surface area (Å²) in [5.74, 6) is 1.41. The number of imidazole rings is 1. The monoisotopic (exact) mass is 437 g/mol. The van der Waals surface area contributed by atoms with Crippen molar-refractivity contribution >= 4 is 6.09 Å². The van der Waals surface area contributed by atoms with Crippen LogP contribution < -0.4 is 0 Å². The molecular weight excluding hydrogens is 398 g/mol. The summed E-state index contributed by atoms with van der Waals surface area (Å²) in [6.07, 6.45) is 7.63. The Hall–Kier alpha value is -1.64. The van der Waals surface area contributed by atoms with Crippen molar-refractivity contribution in [2.24, 2.45) is 0 Å². The average Bonchev–Trinajstić information content (AvgIpc) is 3.15. The average molecular weight is 438 g/mol. The lowest BCUT2D eigenvalue weighted by Crippen LogP contribution is -2.41. The molecule has 2 aliphatic heterocycles. The van der Waals surface area contributed by atoms with Gasteiger partial charge in [-0.25, -0.2) is 9.78 Å². The Morgan fingerprint density at radius 2 is 1.97 bits per heavy atom. The topological polar surface area (TPSA) is 75.1 Å². The predicted molar refractivity (Wildman–Crippen MR) is 117 cm³/mol. The van der Waals surface area contributed by atoms with Gasteiger partial charge in [0.05, 0.1) is 18.9 Å². The predicted octanol–water partition coefficient (Wildman–Crippen LogP) is 3.73. The van der Waals surface area contributed by atoms with Crippen molar-refractivity contribution in [3.8, 4) is 0 Å². The molecule has 2 fully saturated rings. The van der Waals surface area contributed by atoms with Crippen LogP contribution in [0.5, 0.6) is 0 Å². The molecule has 0 radical (unpaired) electrons. The lowest BCUT2D eigenvalue weighted by Gasteiger charge is -2.33. The number of carbonyl (C=O) groups is 1. The highest BCUT2D eigenvalue weighted by Gasteiger charge is 2.29. The zero-order valence-electron chi connectivity index (χ0n) is 19.6. The Kier molecular flexibility index (Phi) is 8.75. The van der Waals surface area contributed by atoms with Gasteiger partial charge in [-0.3, -0.25) is 0 Å². The van der Waals surface area contributed by atoms with E-state index in [9.17, 15) is 4.79 Å². The fourth-order valence-electron chi connectivity index (χ4n) is 4.09. The van der Waals surface area contributed by atoms with Crippen LogP contribution in [0.1, 0.15) is 70.3 Å². The highest BCUT2D eigenvalue weighted by atomic mass is 16.7. The first-order valence-corrected chi connectivity index (χ1v) is 11.6.